The van der Waals surface area contributed by atoms with Crippen LogP contribution in [0, 0.1) is 6.92 Å². The number of nitrogens with zero attached hydrogens (tertiary/aromatic N) is 2. The van der Waals surface area contributed by atoms with E-state index in [9.17, 15) is 9.59 Å². The van der Waals surface area contributed by atoms with Crippen molar-refractivity contribution in [2.24, 2.45) is 0 Å². The molecule has 23 heavy (non-hydrogen) atoms. The Morgan fingerprint density at radius 1 is 1.30 bits per heavy atom. The second-order valence-electron chi connectivity index (χ2n) is 5.72. The topological polar surface area (TPSA) is 73.2 Å². The van der Waals surface area contributed by atoms with Crippen molar-refractivity contribution in [2.75, 3.05) is 0 Å². The zero-order valence-electron chi connectivity index (χ0n) is 13.2. The third kappa shape index (κ3) is 3.41. The van der Waals surface area contributed by atoms with Gasteiger partial charge in [-0.3, -0.25) is 4.79 Å². The second-order valence-corrected chi connectivity index (χ2v) is 5.72. The molecule has 0 spiro atoms. The third-order valence-corrected chi connectivity index (χ3v) is 3.81. The fraction of sp³-hybridized carbons (Fsp3) is 0.353. The molecule has 1 N–H and O–H groups in total. The molecular formula is C17H19N3O3. The highest BCUT2D eigenvalue weighted by molar-refractivity contribution is 5.93. The van der Waals surface area contributed by atoms with Gasteiger partial charge in [0.25, 0.3) is 5.91 Å². The van der Waals surface area contributed by atoms with Crippen LogP contribution in [-0.2, 0) is 9.53 Å². The third-order valence-electron chi connectivity index (χ3n) is 3.81. The zero-order chi connectivity index (χ0) is 16.4. The minimum Gasteiger partial charge on any atom is -0.449 e. The van der Waals surface area contributed by atoms with Crippen LogP contribution in [0.4, 0.5) is 0 Å². The molecule has 1 heterocycles. The van der Waals surface area contributed by atoms with Crippen LogP contribution in [0.25, 0.3) is 5.69 Å². The fourth-order valence-electron chi connectivity index (χ4n) is 2.26. The van der Waals surface area contributed by atoms with Crippen LogP contribution in [0.2, 0.25) is 0 Å². The van der Waals surface area contributed by atoms with Crippen molar-refractivity contribution in [3.05, 3.63) is 47.8 Å². The first-order valence-corrected chi connectivity index (χ1v) is 7.67. The van der Waals surface area contributed by atoms with E-state index in [1.54, 1.807) is 18.5 Å². The van der Waals surface area contributed by atoms with Gasteiger partial charge in [0.15, 0.2) is 6.10 Å². The lowest BCUT2D eigenvalue weighted by molar-refractivity contribution is -0.129. The molecular weight excluding hydrogens is 294 g/mol. The Morgan fingerprint density at radius 3 is 2.65 bits per heavy atom. The minimum absolute atomic E-state index is 0.242. The van der Waals surface area contributed by atoms with Crippen LogP contribution in [0.5, 0.6) is 0 Å². The highest BCUT2D eigenvalue weighted by Crippen LogP contribution is 2.19. The molecule has 1 saturated carbocycles. The number of amides is 1. The maximum atomic E-state index is 12.3. The minimum atomic E-state index is -0.817. The standard InChI is InChI=1S/C17H19N3O3/c1-11-15(10-18-20(11)14-6-4-3-5-7-14)17(22)23-12(2)16(21)19-13-8-9-13/h3-7,10,12-13H,8-9H2,1-2H3,(H,19,21). The van der Waals surface area contributed by atoms with Crippen LogP contribution in [0.3, 0.4) is 0 Å². The Bertz CT molecular complexity index is 720. The first-order valence-electron chi connectivity index (χ1n) is 7.67. The van der Waals surface area contributed by atoms with Gasteiger partial charge in [-0.15, -0.1) is 0 Å². The summed E-state index contributed by atoms with van der Waals surface area (Å²) < 4.78 is 6.92. The number of carbonyl (C=O) groups excluding carboxylic acids is 2. The van der Waals surface area contributed by atoms with E-state index < -0.39 is 12.1 Å². The van der Waals surface area contributed by atoms with Crippen molar-refractivity contribution in [3.8, 4) is 5.69 Å². The van der Waals surface area contributed by atoms with Crippen molar-refractivity contribution in [3.63, 3.8) is 0 Å². The molecule has 1 atom stereocenters. The molecule has 1 unspecified atom stereocenters. The highest BCUT2D eigenvalue weighted by Gasteiger charge is 2.28. The number of ether oxygens (including phenoxy) is 1. The van der Waals surface area contributed by atoms with E-state index in [1.807, 2.05) is 30.3 Å². The first-order chi connectivity index (χ1) is 11.1. The van der Waals surface area contributed by atoms with Crippen LogP contribution in [-0.4, -0.2) is 33.8 Å². The summed E-state index contributed by atoms with van der Waals surface area (Å²) in [4.78, 5) is 24.1. The van der Waals surface area contributed by atoms with Crippen LogP contribution >= 0.6 is 0 Å². The number of carbonyl (C=O) groups is 2. The lowest BCUT2D eigenvalue weighted by Gasteiger charge is -2.13. The van der Waals surface area contributed by atoms with Crippen molar-refractivity contribution >= 4 is 11.9 Å². The van der Waals surface area contributed by atoms with Crippen LogP contribution in [0.1, 0.15) is 35.8 Å². The Kier molecular flexibility index (Phi) is 4.14. The van der Waals surface area contributed by atoms with Gasteiger partial charge in [-0.05, 0) is 38.8 Å². The highest BCUT2D eigenvalue weighted by atomic mass is 16.5. The number of nitrogens with one attached hydrogen (secondary N) is 1. The maximum absolute atomic E-state index is 12.3. The molecule has 0 aliphatic heterocycles. The Hall–Kier alpha value is -2.63. The van der Waals surface area contributed by atoms with E-state index in [-0.39, 0.29) is 11.9 Å². The molecule has 6 heteroatoms. The molecule has 3 rings (SSSR count). The summed E-state index contributed by atoms with van der Waals surface area (Å²) in [5, 5.41) is 7.05. The SMILES string of the molecule is Cc1c(C(=O)OC(C)C(=O)NC2CC2)cnn1-c1ccccc1. The fourth-order valence-corrected chi connectivity index (χ4v) is 2.26. The summed E-state index contributed by atoms with van der Waals surface area (Å²) in [6.07, 6.45) is 2.64. The van der Waals surface area contributed by atoms with Crippen molar-refractivity contribution in [2.45, 2.75) is 38.8 Å². The number of benzene rings is 1. The molecule has 0 bridgehead atoms. The quantitative estimate of drug-likeness (QED) is 0.857. The van der Waals surface area contributed by atoms with Crippen molar-refractivity contribution in [1.82, 2.24) is 15.1 Å². The molecule has 1 aromatic carbocycles. The Labute approximate surface area is 134 Å². The van der Waals surface area contributed by atoms with E-state index in [0.29, 0.717) is 11.3 Å². The van der Waals surface area contributed by atoms with Gasteiger partial charge in [0.1, 0.15) is 5.56 Å². The lowest BCUT2D eigenvalue weighted by Crippen LogP contribution is -2.37. The molecule has 1 aliphatic rings. The molecule has 0 saturated heterocycles. The zero-order valence-corrected chi connectivity index (χ0v) is 13.2. The lowest BCUT2D eigenvalue weighted by atomic mass is 10.2. The second kappa shape index (κ2) is 6.24. The maximum Gasteiger partial charge on any atom is 0.342 e. The molecule has 1 fully saturated rings. The van der Waals surface area contributed by atoms with Gasteiger partial charge < -0.3 is 10.1 Å². The number of esters is 1. The normalized spacial score (nSPS) is 15.0. The predicted molar refractivity (Wildman–Crippen MR) is 84.3 cm³/mol. The average molecular weight is 313 g/mol. The van der Waals surface area contributed by atoms with Gasteiger partial charge in [0.2, 0.25) is 0 Å². The number of aromatic nitrogens is 2. The van der Waals surface area contributed by atoms with E-state index in [2.05, 4.69) is 10.4 Å². The van der Waals surface area contributed by atoms with Crippen LogP contribution in [0.15, 0.2) is 36.5 Å². The smallest absolute Gasteiger partial charge is 0.342 e. The molecule has 1 amide bonds. The van der Waals surface area contributed by atoms with E-state index in [4.69, 9.17) is 4.74 Å². The van der Waals surface area contributed by atoms with E-state index in [0.717, 1.165) is 18.5 Å². The van der Waals surface area contributed by atoms with Crippen molar-refractivity contribution in [1.29, 1.82) is 0 Å². The molecule has 1 aromatic heterocycles. The summed E-state index contributed by atoms with van der Waals surface area (Å²) in [7, 11) is 0. The van der Waals surface area contributed by atoms with Gasteiger partial charge in [-0.1, -0.05) is 18.2 Å². The monoisotopic (exact) mass is 313 g/mol. The molecule has 6 nitrogen and oxygen atoms in total. The molecule has 2 aromatic rings. The van der Waals surface area contributed by atoms with Crippen LogP contribution < -0.4 is 5.32 Å². The van der Waals surface area contributed by atoms with Crippen molar-refractivity contribution < 1.29 is 14.3 Å². The van der Waals surface area contributed by atoms with Gasteiger partial charge in [-0.25, -0.2) is 9.48 Å². The number of hydrogen-bond acceptors (Lipinski definition) is 4. The summed E-state index contributed by atoms with van der Waals surface area (Å²) >= 11 is 0. The van der Waals surface area contributed by atoms with Gasteiger partial charge in [0.05, 0.1) is 17.6 Å². The molecule has 120 valence electrons. The largest absolute Gasteiger partial charge is 0.449 e. The predicted octanol–water partition coefficient (Wildman–Crippen LogP) is 2.00. The number of para-hydroxylation sites is 1. The Morgan fingerprint density at radius 2 is 2.00 bits per heavy atom. The van der Waals surface area contributed by atoms with Gasteiger partial charge in [-0.2, -0.15) is 5.10 Å². The number of hydrogen-bond donors (Lipinski definition) is 1. The molecule has 1 aliphatic carbocycles. The molecule has 0 radical (unpaired) electrons. The average Bonchev–Trinajstić information content (AvgIpc) is 3.27. The number of rotatable bonds is 5. The van der Waals surface area contributed by atoms with Gasteiger partial charge >= 0.3 is 5.97 Å². The summed E-state index contributed by atoms with van der Waals surface area (Å²) in [5.41, 5.74) is 1.90. The first kappa shape index (κ1) is 15.3. The summed E-state index contributed by atoms with van der Waals surface area (Å²) in [5.74, 6) is -0.794. The van der Waals surface area contributed by atoms with E-state index >= 15 is 0 Å². The van der Waals surface area contributed by atoms with Gasteiger partial charge in [0, 0.05) is 6.04 Å². The van der Waals surface area contributed by atoms with E-state index in [1.165, 1.54) is 6.20 Å². The summed E-state index contributed by atoms with van der Waals surface area (Å²) in [6, 6.07) is 9.77. The Balaban J connectivity index is 1.70. The summed E-state index contributed by atoms with van der Waals surface area (Å²) in [6.45, 7) is 3.37.